The maximum absolute atomic E-state index is 12.2. The van der Waals surface area contributed by atoms with Gasteiger partial charge in [0.25, 0.3) is 0 Å². The molecule has 0 aliphatic carbocycles. The first-order valence-electron chi connectivity index (χ1n) is 4.82. The molecule has 90 valence electrons. The maximum Gasteiger partial charge on any atom is 0.573 e. The maximum atomic E-state index is 12.2. The van der Waals surface area contributed by atoms with Crippen LogP contribution in [-0.4, -0.2) is 16.3 Å². The summed E-state index contributed by atoms with van der Waals surface area (Å²) in [6.07, 6.45) is -3.24. The largest absolute Gasteiger partial charge is 0.573 e. The zero-order chi connectivity index (χ0) is 12.5. The van der Waals surface area contributed by atoms with Gasteiger partial charge in [-0.05, 0) is 19.1 Å². The van der Waals surface area contributed by atoms with Crippen molar-refractivity contribution < 1.29 is 17.9 Å². The number of aromatic nitrogens is 2. The average molecular weight is 242 g/mol. The second-order valence-electron chi connectivity index (χ2n) is 3.43. The first kappa shape index (κ1) is 11.5. The fourth-order valence-electron chi connectivity index (χ4n) is 1.46. The highest BCUT2D eigenvalue weighted by Gasteiger charge is 2.32. The Labute approximate surface area is 95.3 Å². The standard InChI is InChI=1S/C11H9F3N2O/c1-7-15-6-9(16-7)8-4-2-3-5-10(8)17-11(12,13)14/h2-6H,1H3,(H,15,16). The number of hydrogen-bond acceptors (Lipinski definition) is 2. The summed E-state index contributed by atoms with van der Waals surface area (Å²) in [6.45, 7) is 1.72. The molecule has 1 N–H and O–H groups in total. The van der Waals surface area contributed by atoms with E-state index < -0.39 is 6.36 Å². The number of aromatic amines is 1. The van der Waals surface area contributed by atoms with Gasteiger partial charge < -0.3 is 9.72 Å². The Morgan fingerprint density at radius 3 is 2.53 bits per heavy atom. The van der Waals surface area contributed by atoms with Crippen LogP contribution in [0.4, 0.5) is 13.2 Å². The fourth-order valence-corrected chi connectivity index (χ4v) is 1.46. The van der Waals surface area contributed by atoms with Crippen LogP contribution in [0.2, 0.25) is 0 Å². The highest BCUT2D eigenvalue weighted by Crippen LogP contribution is 2.32. The van der Waals surface area contributed by atoms with Gasteiger partial charge in [0.05, 0.1) is 11.9 Å². The number of alkyl halides is 3. The number of para-hydroxylation sites is 1. The Morgan fingerprint density at radius 1 is 1.24 bits per heavy atom. The first-order chi connectivity index (χ1) is 7.96. The number of benzene rings is 1. The van der Waals surface area contributed by atoms with Gasteiger partial charge in [-0.3, -0.25) is 0 Å². The highest BCUT2D eigenvalue weighted by molar-refractivity contribution is 5.66. The van der Waals surface area contributed by atoms with E-state index in [1.807, 2.05) is 0 Å². The lowest BCUT2D eigenvalue weighted by molar-refractivity contribution is -0.274. The molecule has 0 aliphatic rings. The molecule has 17 heavy (non-hydrogen) atoms. The van der Waals surface area contributed by atoms with Crippen molar-refractivity contribution in [1.82, 2.24) is 9.97 Å². The quantitative estimate of drug-likeness (QED) is 0.877. The predicted octanol–water partition coefficient (Wildman–Crippen LogP) is 3.28. The van der Waals surface area contributed by atoms with Gasteiger partial charge in [0.1, 0.15) is 11.6 Å². The fraction of sp³-hybridized carbons (Fsp3) is 0.182. The molecule has 0 fully saturated rings. The van der Waals surface area contributed by atoms with E-state index in [4.69, 9.17) is 0 Å². The van der Waals surface area contributed by atoms with Crippen LogP contribution in [0.5, 0.6) is 5.75 Å². The van der Waals surface area contributed by atoms with Crippen LogP contribution in [0.15, 0.2) is 30.5 Å². The van der Waals surface area contributed by atoms with Crippen molar-refractivity contribution in [2.75, 3.05) is 0 Å². The highest BCUT2D eigenvalue weighted by atomic mass is 19.4. The third-order valence-electron chi connectivity index (χ3n) is 2.11. The minimum absolute atomic E-state index is 0.247. The molecule has 0 unspecified atom stereocenters. The molecule has 0 saturated heterocycles. The van der Waals surface area contributed by atoms with Gasteiger partial charge >= 0.3 is 6.36 Å². The van der Waals surface area contributed by atoms with E-state index in [-0.39, 0.29) is 5.75 Å². The molecule has 0 amide bonds. The Bertz CT molecular complexity index is 519. The van der Waals surface area contributed by atoms with Crippen LogP contribution in [0, 0.1) is 6.92 Å². The van der Waals surface area contributed by atoms with Gasteiger partial charge in [-0.1, -0.05) is 12.1 Å². The molecular formula is C11H9F3N2O. The Balaban J connectivity index is 2.41. The monoisotopic (exact) mass is 242 g/mol. The van der Waals surface area contributed by atoms with Crippen molar-refractivity contribution in [2.24, 2.45) is 0 Å². The number of aryl methyl sites for hydroxylation is 1. The van der Waals surface area contributed by atoms with E-state index in [1.54, 1.807) is 13.0 Å². The minimum Gasteiger partial charge on any atom is -0.405 e. The summed E-state index contributed by atoms with van der Waals surface area (Å²) in [6, 6.07) is 5.91. The van der Waals surface area contributed by atoms with Gasteiger partial charge in [0, 0.05) is 5.56 Å². The van der Waals surface area contributed by atoms with Gasteiger partial charge in [0.2, 0.25) is 0 Å². The smallest absolute Gasteiger partial charge is 0.405 e. The van der Waals surface area contributed by atoms with Crippen molar-refractivity contribution >= 4 is 0 Å². The molecule has 0 saturated carbocycles. The second kappa shape index (κ2) is 4.12. The summed E-state index contributed by atoms with van der Waals surface area (Å²) in [4.78, 5) is 6.80. The Kier molecular flexibility index (Phi) is 2.79. The van der Waals surface area contributed by atoms with Crippen molar-refractivity contribution in [2.45, 2.75) is 13.3 Å². The normalized spacial score (nSPS) is 11.5. The van der Waals surface area contributed by atoms with Gasteiger partial charge in [0.15, 0.2) is 0 Å². The van der Waals surface area contributed by atoms with Crippen molar-refractivity contribution in [3.05, 3.63) is 36.3 Å². The lowest BCUT2D eigenvalue weighted by Crippen LogP contribution is -2.17. The summed E-state index contributed by atoms with van der Waals surface area (Å²) >= 11 is 0. The van der Waals surface area contributed by atoms with Gasteiger partial charge in [-0.15, -0.1) is 13.2 Å². The van der Waals surface area contributed by atoms with Crippen LogP contribution in [0.25, 0.3) is 11.3 Å². The summed E-state index contributed by atoms with van der Waals surface area (Å²) in [5.74, 6) is 0.380. The zero-order valence-electron chi connectivity index (χ0n) is 8.88. The lowest BCUT2D eigenvalue weighted by atomic mass is 10.1. The molecule has 1 heterocycles. The number of rotatable bonds is 2. The van der Waals surface area contributed by atoms with Crippen LogP contribution in [0.1, 0.15) is 5.82 Å². The van der Waals surface area contributed by atoms with Crippen LogP contribution in [0.3, 0.4) is 0 Å². The van der Waals surface area contributed by atoms with Gasteiger partial charge in [-0.2, -0.15) is 0 Å². The number of halogens is 3. The minimum atomic E-state index is -4.70. The number of nitrogens with zero attached hydrogens (tertiary/aromatic N) is 1. The molecule has 2 aromatic rings. The first-order valence-corrected chi connectivity index (χ1v) is 4.82. The molecule has 1 aromatic carbocycles. The number of ether oxygens (including phenoxy) is 1. The molecule has 0 atom stereocenters. The van der Waals surface area contributed by atoms with E-state index in [0.29, 0.717) is 17.1 Å². The van der Waals surface area contributed by atoms with E-state index in [9.17, 15) is 13.2 Å². The van der Waals surface area contributed by atoms with Crippen LogP contribution >= 0.6 is 0 Å². The summed E-state index contributed by atoms with van der Waals surface area (Å²) < 4.78 is 40.5. The topological polar surface area (TPSA) is 37.9 Å². The number of H-pyrrole nitrogens is 1. The predicted molar refractivity (Wildman–Crippen MR) is 55.4 cm³/mol. The average Bonchev–Trinajstić information content (AvgIpc) is 2.63. The molecule has 0 bridgehead atoms. The lowest BCUT2D eigenvalue weighted by Gasteiger charge is -2.11. The second-order valence-corrected chi connectivity index (χ2v) is 3.43. The van der Waals surface area contributed by atoms with Gasteiger partial charge in [-0.25, -0.2) is 4.98 Å². The van der Waals surface area contributed by atoms with E-state index in [0.717, 1.165) is 0 Å². The third kappa shape index (κ3) is 2.77. The number of nitrogens with one attached hydrogen (secondary N) is 1. The van der Waals surface area contributed by atoms with Crippen LogP contribution < -0.4 is 4.74 Å². The molecule has 0 aliphatic heterocycles. The zero-order valence-corrected chi connectivity index (χ0v) is 8.88. The SMILES string of the molecule is Cc1ncc(-c2ccccc2OC(F)(F)F)[nH]1. The number of imidazole rings is 1. The Morgan fingerprint density at radius 2 is 1.94 bits per heavy atom. The molecule has 0 radical (unpaired) electrons. The molecule has 0 spiro atoms. The summed E-state index contributed by atoms with van der Waals surface area (Å²) in [5, 5.41) is 0. The molecular weight excluding hydrogens is 233 g/mol. The van der Waals surface area contributed by atoms with Crippen molar-refractivity contribution in [3.8, 4) is 17.0 Å². The van der Waals surface area contributed by atoms with Crippen LogP contribution in [-0.2, 0) is 0 Å². The molecule has 2 rings (SSSR count). The van der Waals surface area contributed by atoms with E-state index in [2.05, 4.69) is 14.7 Å². The van der Waals surface area contributed by atoms with Crippen molar-refractivity contribution in [1.29, 1.82) is 0 Å². The third-order valence-corrected chi connectivity index (χ3v) is 2.11. The molecule has 1 aromatic heterocycles. The van der Waals surface area contributed by atoms with Crippen molar-refractivity contribution in [3.63, 3.8) is 0 Å². The number of hydrogen-bond donors (Lipinski definition) is 1. The molecule has 3 nitrogen and oxygen atoms in total. The molecule has 6 heteroatoms. The van der Waals surface area contributed by atoms with E-state index >= 15 is 0 Å². The summed E-state index contributed by atoms with van der Waals surface area (Å²) in [5.41, 5.74) is 0.813. The Hall–Kier alpha value is -1.98. The summed E-state index contributed by atoms with van der Waals surface area (Å²) in [7, 11) is 0. The van der Waals surface area contributed by atoms with E-state index in [1.165, 1.54) is 24.4 Å².